The fraction of sp³-hybridized carbons (Fsp3) is 0.250. The topological polar surface area (TPSA) is 62.7 Å². The Balaban J connectivity index is 1.58. The number of hydrogen-bond acceptors (Lipinski definition) is 4. The number of pyridine rings is 1. The largest absolute Gasteiger partial charge is 0.493 e. The third-order valence-corrected chi connectivity index (χ3v) is 5.42. The Hall–Kier alpha value is -3.46. The van der Waals surface area contributed by atoms with Crippen LogP contribution in [0.2, 0.25) is 0 Å². The van der Waals surface area contributed by atoms with E-state index in [2.05, 4.69) is 4.98 Å². The van der Waals surface area contributed by atoms with Crippen molar-refractivity contribution in [3.8, 4) is 5.75 Å². The second-order valence-corrected chi connectivity index (χ2v) is 7.63. The molecule has 1 atom stereocenters. The molecule has 0 radical (unpaired) electrons. The van der Waals surface area contributed by atoms with Gasteiger partial charge in [-0.25, -0.2) is 4.39 Å². The number of nitrogens with zero attached hydrogens (tertiary/aromatic N) is 2. The first-order valence-electron chi connectivity index (χ1n) is 10.2. The summed E-state index contributed by atoms with van der Waals surface area (Å²) in [5.74, 6) is -0.516. The van der Waals surface area contributed by atoms with E-state index in [1.165, 1.54) is 23.1 Å². The first kappa shape index (κ1) is 22.7. The number of ether oxygens (including phenoxy) is 1. The van der Waals surface area contributed by atoms with Crippen LogP contribution in [0, 0.1) is 5.82 Å². The minimum absolute atomic E-state index is 0.0723. The van der Waals surface area contributed by atoms with Gasteiger partial charge in [0.1, 0.15) is 17.3 Å². The van der Waals surface area contributed by atoms with Crippen molar-refractivity contribution >= 4 is 11.6 Å². The van der Waals surface area contributed by atoms with Crippen LogP contribution < -0.4 is 9.64 Å². The number of alkyl halides is 3. The van der Waals surface area contributed by atoms with E-state index in [0.29, 0.717) is 23.6 Å². The smallest absolute Gasteiger partial charge is 0.433 e. The molecule has 2 aromatic carbocycles. The average molecular weight is 460 g/mol. The molecule has 1 aliphatic heterocycles. The number of carbonyl (C=O) groups excluding carboxylic acids is 1. The maximum Gasteiger partial charge on any atom is 0.433 e. The van der Waals surface area contributed by atoms with Crippen molar-refractivity contribution in [2.45, 2.75) is 25.1 Å². The highest BCUT2D eigenvalue weighted by Crippen LogP contribution is 2.32. The van der Waals surface area contributed by atoms with Gasteiger partial charge in [-0.1, -0.05) is 24.3 Å². The second-order valence-electron chi connectivity index (χ2n) is 7.63. The Bertz CT molecular complexity index is 1130. The number of anilines is 1. The molecule has 0 saturated carbocycles. The number of carbonyl (C=O) groups is 1. The summed E-state index contributed by atoms with van der Waals surface area (Å²) in [6, 6.07) is 12.4. The molecule has 1 N–H and O–H groups in total. The maximum absolute atomic E-state index is 13.2. The highest BCUT2D eigenvalue weighted by atomic mass is 19.4. The van der Waals surface area contributed by atoms with Crippen LogP contribution in [0.3, 0.4) is 0 Å². The molecule has 0 fully saturated rings. The molecule has 5 nitrogen and oxygen atoms in total. The van der Waals surface area contributed by atoms with Gasteiger partial charge in [-0.15, -0.1) is 0 Å². The van der Waals surface area contributed by atoms with Crippen LogP contribution in [0.25, 0.3) is 0 Å². The Kier molecular flexibility index (Phi) is 6.33. The second kappa shape index (κ2) is 9.19. The Morgan fingerprint density at radius 2 is 1.88 bits per heavy atom. The van der Waals surface area contributed by atoms with E-state index < -0.39 is 29.7 Å². The standard InChI is InChI=1S/C24H20F4N2O3/c25-18-5-2-17(3-6-18)22(31)23(32)30(19-7-4-16-10-12-33-20(16)13-19)11-9-15-1-8-21(29-14-15)24(26,27)28/h1-8,13-14,22,31H,9-12H2/t22-/m0/s1. The predicted molar refractivity (Wildman–Crippen MR) is 112 cm³/mol. The summed E-state index contributed by atoms with van der Waals surface area (Å²) < 4.78 is 57.1. The van der Waals surface area contributed by atoms with Crippen LogP contribution in [0.15, 0.2) is 60.8 Å². The monoisotopic (exact) mass is 460 g/mol. The first-order valence-corrected chi connectivity index (χ1v) is 10.2. The number of rotatable bonds is 6. The zero-order chi connectivity index (χ0) is 23.6. The molecule has 0 aliphatic carbocycles. The maximum atomic E-state index is 13.2. The number of aliphatic hydroxyl groups is 1. The SMILES string of the molecule is O=C([C@@H](O)c1ccc(F)cc1)N(CCc1ccc(C(F)(F)F)nc1)c1ccc2c(c1)OCC2. The Morgan fingerprint density at radius 3 is 2.55 bits per heavy atom. The third-order valence-electron chi connectivity index (χ3n) is 5.42. The lowest BCUT2D eigenvalue weighted by atomic mass is 10.1. The summed E-state index contributed by atoms with van der Waals surface area (Å²) in [5.41, 5.74) is 1.19. The molecule has 1 aliphatic rings. The van der Waals surface area contributed by atoms with Crippen LogP contribution in [0.5, 0.6) is 5.75 Å². The summed E-state index contributed by atoms with van der Waals surface area (Å²) in [4.78, 5) is 18.0. The number of aliphatic hydroxyl groups excluding tert-OH is 1. The number of aromatic nitrogens is 1. The molecule has 0 spiro atoms. The van der Waals surface area contributed by atoms with Gasteiger partial charge in [0, 0.05) is 30.9 Å². The number of halogens is 4. The normalized spacial score (nSPS) is 13.8. The van der Waals surface area contributed by atoms with Crippen molar-refractivity contribution < 1.29 is 32.2 Å². The van der Waals surface area contributed by atoms with Crippen molar-refractivity contribution in [3.05, 3.63) is 89.0 Å². The lowest BCUT2D eigenvalue weighted by Crippen LogP contribution is -2.37. The summed E-state index contributed by atoms with van der Waals surface area (Å²) in [6.45, 7) is 0.602. The molecule has 0 unspecified atom stereocenters. The summed E-state index contributed by atoms with van der Waals surface area (Å²) in [7, 11) is 0. The van der Waals surface area contributed by atoms with Crippen molar-refractivity contribution in [2.75, 3.05) is 18.1 Å². The molecule has 2 heterocycles. The van der Waals surface area contributed by atoms with Crippen LogP contribution in [0.4, 0.5) is 23.2 Å². The molecule has 0 saturated heterocycles. The molecule has 0 bridgehead atoms. The molecular formula is C24H20F4N2O3. The summed E-state index contributed by atoms with van der Waals surface area (Å²) >= 11 is 0. The van der Waals surface area contributed by atoms with E-state index >= 15 is 0 Å². The van der Waals surface area contributed by atoms with Gasteiger partial charge in [0.25, 0.3) is 5.91 Å². The van der Waals surface area contributed by atoms with Gasteiger partial charge in [-0.3, -0.25) is 9.78 Å². The van der Waals surface area contributed by atoms with Crippen LogP contribution in [-0.2, 0) is 23.8 Å². The fourth-order valence-electron chi connectivity index (χ4n) is 3.61. The van der Waals surface area contributed by atoms with Crippen molar-refractivity contribution in [2.24, 2.45) is 0 Å². The fourth-order valence-corrected chi connectivity index (χ4v) is 3.61. The van der Waals surface area contributed by atoms with E-state index in [-0.39, 0.29) is 18.5 Å². The Morgan fingerprint density at radius 1 is 1.12 bits per heavy atom. The van der Waals surface area contributed by atoms with Gasteiger partial charge in [0.2, 0.25) is 0 Å². The molecule has 33 heavy (non-hydrogen) atoms. The highest BCUT2D eigenvalue weighted by molar-refractivity contribution is 5.97. The van der Waals surface area contributed by atoms with Crippen LogP contribution >= 0.6 is 0 Å². The molecule has 3 aromatic rings. The van der Waals surface area contributed by atoms with Gasteiger partial charge < -0.3 is 14.7 Å². The number of amides is 1. The average Bonchev–Trinajstić information content (AvgIpc) is 3.27. The van der Waals surface area contributed by atoms with E-state index in [1.807, 2.05) is 6.07 Å². The molecular weight excluding hydrogens is 440 g/mol. The molecule has 9 heteroatoms. The summed E-state index contributed by atoms with van der Waals surface area (Å²) in [5, 5.41) is 10.6. The van der Waals surface area contributed by atoms with E-state index in [1.54, 1.807) is 12.1 Å². The van der Waals surface area contributed by atoms with E-state index in [9.17, 15) is 27.5 Å². The van der Waals surface area contributed by atoms with Gasteiger partial charge >= 0.3 is 6.18 Å². The minimum atomic E-state index is -4.54. The van der Waals surface area contributed by atoms with Crippen molar-refractivity contribution in [1.29, 1.82) is 0 Å². The van der Waals surface area contributed by atoms with Gasteiger partial charge in [0.15, 0.2) is 6.10 Å². The van der Waals surface area contributed by atoms with E-state index in [4.69, 9.17) is 4.74 Å². The predicted octanol–water partition coefficient (Wildman–Crippen LogP) is 4.48. The first-order chi connectivity index (χ1) is 15.7. The zero-order valence-electron chi connectivity index (χ0n) is 17.3. The Labute approximate surface area is 187 Å². The molecule has 1 aromatic heterocycles. The quantitative estimate of drug-likeness (QED) is 0.551. The zero-order valence-corrected chi connectivity index (χ0v) is 17.3. The number of hydrogen-bond donors (Lipinski definition) is 1. The van der Waals surface area contributed by atoms with Crippen LogP contribution in [0.1, 0.15) is 28.5 Å². The van der Waals surface area contributed by atoms with Crippen molar-refractivity contribution in [3.63, 3.8) is 0 Å². The van der Waals surface area contributed by atoms with E-state index in [0.717, 1.165) is 36.4 Å². The van der Waals surface area contributed by atoms with Crippen molar-refractivity contribution in [1.82, 2.24) is 4.98 Å². The summed E-state index contributed by atoms with van der Waals surface area (Å²) in [6.07, 6.45) is -4.02. The lowest BCUT2D eigenvalue weighted by molar-refractivity contribution is -0.141. The van der Waals surface area contributed by atoms with Crippen LogP contribution in [-0.4, -0.2) is 29.1 Å². The molecule has 172 valence electrons. The molecule has 4 rings (SSSR count). The molecule has 1 amide bonds. The number of fused-ring (bicyclic) bond motifs is 1. The van der Waals surface area contributed by atoms with Gasteiger partial charge in [-0.2, -0.15) is 13.2 Å². The highest BCUT2D eigenvalue weighted by Gasteiger charge is 2.32. The van der Waals surface area contributed by atoms with Gasteiger partial charge in [0.05, 0.1) is 6.61 Å². The number of benzene rings is 2. The third kappa shape index (κ3) is 5.14. The van der Waals surface area contributed by atoms with Gasteiger partial charge in [-0.05, 0) is 47.4 Å². The minimum Gasteiger partial charge on any atom is -0.493 e. The lowest BCUT2D eigenvalue weighted by Gasteiger charge is -2.26.